The first-order valence-corrected chi connectivity index (χ1v) is 6.76. The molecule has 4 radical (unpaired) electrons. The van der Waals surface area contributed by atoms with Crippen molar-refractivity contribution in [3.05, 3.63) is 0 Å². The maximum absolute atomic E-state index is 10.7. The van der Waals surface area contributed by atoms with Crippen molar-refractivity contribution in [3.8, 4) is 23.5 Å². The van der Waals surface area contributed by atoms with E-state index in [0.717, 1.165) is 6.42 Å². The van der Waals surface area contributed by atoms with Gasteiger partial charge in [-0.1, -0.05) is 18.8 Å². The molecule has 0 unspecified atom stereocenters. The van der Waals surface area contributed by atoms with Gasteiger partial charge in [-0.25, -0.2) is 0 Å². The highest BCUT2D eigenvalue weighted by Gasteiger charge is 1.94. The number of carbonyl (C=O) groups is 2. The van der Waals surface area contributed by atoms with Crippen LogP contribution in [0.4, 0.5) is 0 Å². The lowest BCUT2D eigenvalue weighted by Gasteiger charge is -1.96. The molecule has 0 bridgehead atoms. The maximum Gasteiger partial charge on any atom is 0.221 e. The summed E-state index contributed by atoms with van der Waals surface area (Å²) in [5.41, 5.74) is 0. The van der Waals surface area contributed by atoms with E-state index in [1.165, 1.54) is 0 Å². The minimum Gasteiger partial charge on any atom is -0.345 e. The van der Waals surface area contributed by atoms with Crippen LogP contribution in [0.15, 0.2) is 0 Å². The summed E-state index contributed by atoms with van der Waals surface area (Å²) < 4.78 is 0. The predicted octanol–water partition coefficient (Wildman–Crippen LogP) is -0.416. The summed E-state index contributed by atoms with van der Waals surface area (Å²) in [7, 11) is 9.74. The molecule has 0 aliphatic rings. The number of amides is 2. The zero-order valence-electron chi connectivity index (χ0n) is 11.7. The lowest BCUT2D eigenvalue weighted by Crippen LogP contribution is -2.23. The number of carbonyl (C=O) groups excluding carboxylic acids is 2. The second-order valence-corrected chi connectivity index (χ2v) is 3.87. The third-order valence-corrected chi connectivity index (χ3v) is 1.99. The van der Waals surface area contributed by atoms with Crippen LogP contribution < -0.4 is 10.6 Å². The van der Waals surface area contributed by atoms with Crippen molar-refractivity contribution in [2.75, 3.05) is 18.8 Å². The van der Waals surface area contributed by atoms with Crippen molar-refractivity contribution in [1.82, 2.24) is 10.6 Å². The van der Waals surface area contributed by atoms with Gasteiger partial charge in [0.25, 0.3) is 0 Å². The molecule has 2 N–H and O–H groups in total. The summed E-state index contributed by atoms with van der Waals surface area (Å²) in [6.07, 6.45) is 1.85. The fourth-order valence-electron chi connectivity index (χ4n) is 0.893. The summed E-state index contributed by atoms with van der Waals surface area (Å²) in [6, 6.07) is 0. The molecule has 0 aromatic rings. The molecule has 0 spiro atoms. The molecule has 0 aliphatic heterocycles. The second-order valence-electron chi connectivity index (χ2n) is 3.42. The second kappa shape index (κ2) is 17.5. The van der Waals surface area contributed by atoms with Gasteiger partial charge in [0.05, 0.1) is 13.1 Å². The number of nitrogens with one attached hydrogen (secondary N) is 2. The largest absolute Gasteiger partial charge is 0.345 e. The third-order valence-electron chi connectivity index (χ3n) is 1.77. The van der Waals surface area contributed by atoms with E-state index in [2.05, 4.69) is 46.7 Å². The van der Waals surface area contributed by atoms with Crippen LogP contribution in [0, 0.1) is 23.5 Å². The molecule has 0 heterocycles. The minimum atomic E-state index is -0.0437. The molecule has 2 amide bonds. The fourth-order valence-corrected chi connectivity index (χ4v) is 1.10. The Morgan fingerprint density at radius 3 is 1.80 bits per heavy atom. The SMILES string of the molecule is [B]C#CCNC(=O)CCC.[B]C#CCNC(=O)CCS. The van der Waals surface area contributed by atoms with Crippen molar-refractivity contribution >= 4 is 40.1 Å². The van der Waals surface area contributed by atoms with E-state index in [-0.39, 0.29) is 11.8 Å². The van der Waals surface area contributed by atoms with Crippen LogP contribution in [-0.4, -0.2) is 46.3 Å². The van der Waals surface area contributed by atoms with Crippen molar-refractivity contribution in [2.24, 2.45) is 0 Å². The Balaban J connectivity index is 0. The monoisotopic (exact) mass is 288 g/mol. The highest BCUT2D eigenvalue weighted by atomic mass is 32.1. The number of rotatable bonds is 6. The van der Waals surface area contributed by atoms with E-state index in [1.54, 1.807) is 0 Å². The molecule has 0 saturated carbocycles. The van der Waals surface area contributed by atoms with Crippen LogP contribution in [0.3, 0.4) is 0 Å². The molecule has 0 aromatic carbocycles. The standard InChI is InChI=1S/C7H10BNO.C6H8BNOS/c1-2-4-7(10)9-6-3-5-8;7-3-1-4-8-6(9)2-5-10/h2,4,6H2,1H3,(H,9,10);10H,2,4-5H2,(H,8,9). The molecule has 0 saturated heterocycles. The highest BCUT2D eigenvalue weighted by Crippen LogP contribution is 1.83. The summed E-state index contributed by atoms with van der Waals surface area (Å²) in [4.78, 5) is 21.3. The van der Waals surface area contributed by atoms with Crippen LogP contribution in [0.1, 0.15) is 26.2 Å². The highest BCUT2D eigenvalue weighted by molar-refractivity contribution is 7.80. The van der Waals surface area contributed by atoms with Gasteiger partial charge in [-0.3, -0.25) is 9.59 Å². The normalized spacial score (nSPS) is 7.70. The first-order chi connectivity index (χ1) is 9.62. The van der Waals surface area contributed by atoms with Gasteiger partial charge in [-0.05, 0) is 12.2 Å². The first-order valence-electron chi connectivity index (χ1n) is 6.13. The van der Waals surface area contributed by atoms with E-state index in [9.17, 15) is 9.59 Å². The molecule has 4 nitrogen and oxygen atoms in total. The van der Waals surface area contributed by atoms with Crippen LogP contribution in [0.25, 0.3) is 0 Å². The summed E-state index contributed by atoms with van der Waals surface area (Å²) in [5, 5.41) is 5.14. The maximum atomic E-state index is 10.7. The molecule has 0 rings (SSSR count). The van der Waals surface area contributed by atoms with Gasteiger partial charge in [0, 0.05) is 12.8 Å². The third kappa shape index (κ3) is 18.9. The fraction of sp³-hybridized carbons (Fsp3) is 0.538. The molecule has 0 atom stereocenters. The first kappa shape index (κ1) is 20.8. The molecule has 20 heavy (non-hydrogen) atoms. The summed E-state index contributed by atoms with van der Waals surface area (Å²) >= 11 is 3.88. The zero-order chi connectivity index (χ0) is 15.6. The molecule has 0 aromatic heterocycles. The van der Waals surface area contributed by atoms with Gasteiger partial charge in [0.15, 0.2) is 15.7 Å². The van der Waals surface area contributed by atoms with Gasteiger partial charge >= 0.3 is 0 Å². The molecular formula is C13H18B2N2O2S. The Labute approximate surface area is 129 Å². The average Bonchev–Trinajstić information content (AvgIpc) is 2.41. The molecular weight excluding hydrogens is 270 g/mol. The zero-order valence-corrected chi connectivity index (χ0v) is 12.6. The van der Waals surface area contributed by atoms with E-state index >= 15 is 0 Å². The lowest BCUT2D eigenvalue weighted by atomic mass is 10.2. The summed E-state index contributed by atoms with van der Waals surface area (Å²) in [5.74, 6) is 9.97. The van der Waals surface area contributed by atoms with Gasteiger partial charge in [0.2, 0.25) is 11.8 Å². The molecule has 7 heteroatoms. The Hall–Kier alpha value is -1.46. The van der Waals surface area contributed by atoms with Crippen LogP contribution in [-0.2, 0) is 9.59 Å². The van der Waals surface area contributed by atoms with Crippen molar-refractivity contribution in [2.45, 2.75) is 26.2 Å². The van der Waals surface area contributed by atoms with E-state index < -0.39 is 0 Å². The van der Waals surface area contributed by atoms with Crippen molar-refractivity contribution in [1.29, 1.82) is 0 Å². The molecule has 104 valence electrons. The van der Waals surface area contributed by atoms with Gasteiger partial charge in [-0.2, -0.15) is 24.3 Å². The smallest absolute Gasteiger partial charge is 0.221 e. The van der Waals surface area contributed by atoms with Crippen LogP contribution in [0.5, 0.6) is 0 Å². The van der Waals surface area contributed by atoms with Crippen LogP contribution in [0.2, 0.25) is 0 Å². The lowest BCUT2D eigenvalue weighted by molar-refractivity contribution is -0.121. The Bertz CT molecular complexity index is 357. The molecule has 0 aliphatic carbocycles. The van der Waals surface area contributed by atoms with E-state index in [1.807, 2.05) is 6.92 Å². The van der Waals surface area contributed by atoms with Gasteiger partial charge in [-0.15, -0.1) is 0 Å². The topological polar surface area (TPSA) is 58.2 Å². The Morgan fingerprint density at radius 1 is 1.00 bits per heavy atom. The quantitative estimate of drug-likeness (QED) is 0.353. The number of hydrogen-bond donors (Lipinski definition) is 3. The number of hydrogen-bond acceptors (Lipinski definition) is 3. The van der Waals surface area contributed by atoms with Gasteiger partial charge < -0.3 is 10.6 Å². The average molecular weight is 288 g/mol. The Morgan fingerprint density at radius 2 is 1.45 bits per heavy atom. The summed E-state index contributed by atoms with van der Waals surface area (Å²) in [6.45, 7) is 2.63. The van der Waals surface area contributed by atoms with Crippen molar-refractivity contribution < 1.29 is 9.59 Å². The van der Waals surface area contributed by atoms with E-state index in [0.29, 0.717) is 31.7 Å². The Kier molecular flexibility index (Phi) is 18.3. The van der Waals surface area contributed by atoms with E-state index in [4.69, 9.17) is 15.7 Å². The number of thiol groups is 1. The molecule has 0 fully saturated rings. The van der Waals surface area contributed by atoms with Crippen LogP contribution >= 0.6 is 12.6 Å². The van der Waals surface area contributed by atoms with Crippen molar-refractivity contribution in [3.63, 3.8) is 0 Å². The van der Waals surface area contributed by atoms with Gasteiger partial charge in [0.1, 0.15) is 0 Å². The minimum absolute atomic E-state index is 0.0326. The predicted molar refractivity (Wildman–Crippen MR) is 86.5 cm³/mol.